The average molecular weight is 490 g/mol. The number of rotatable bonds is 8. The second kappa shape index (κ2) is 9.94. The number of benzene rings is 2. The first-order valence-corrected chi connectivity index (χ1v) is 12.2. The first kappa shape index (κ1) is 24.1. The fourth-order valence-corrected chi connectivity index (χ4v) is 5.14. The van der Waals surface area contributed by atoms with E-state index in [4.69, 9.17) is 23.2 Å². The lowest BCUT2D eigenvalue weighted by molar-refractivity contribution is -0.117. The number of aryl methyl sites for hydroxylation is 2. The van der Waals surface area contributed by atoms with Crippen LogP contribution in [0.2, 0.25) is 10.0 Å². The number of carbonyl (C=O) groups excluding carboxylic acids is 2. The molecular formula is C24H21Cl2NO4S. The molecule has 0 radical (unpaired) electrons. The molecule has 0 N–H and O–H groups in total. The Morgan fingerprint density at radius 1 is 0.938 bits per heavy atom. The average Bonchev–Trinajstić information content (AvgIpc) is 2.67. The van der Waals surface area contributed by atoms with Gasteiger partial charge in [0.2, 0.25) is 0 Å². The Morgan fingerprint density at radius 3 is 2.25 bits per heavy atom. The fraction of sp³-hybridized carbons (Fsp3) is 0.208. The predicted octanol–water partition coefficient (Wildman–Crippen LogP) is 5.36. The highest BCUT2D eigenvalue weighted by Crippen LogP contribution is 2.23. The van der Waals surface area contributed by atoms with E-state index in [9.17, 15) is 18.0 Å². The number of hydrogen-bond acceptors (Lipinski definition) is 5. The maximum atomic E-state index is 12.7. The third kappa shape index (κ3) is 6.25. The summed E-state index contributed by atoms with van der Waals surface area (Å²) < 4.78 is 25.5. The second-order valence-corrected chi connectivity index (χ2v) is 10.5. The molecule has 2 aromatic carbocycles. The molecule has 0 unspecified atom stereocenters. The van der Waals surface area contributed by atoms with Gasteiger partial charge in [-0.25, -0.2) is 8.42 Å². The maximum Gasteiger partial charge on any atom is 0.184 e. The molecule has 0 fully saturated rings. The molecule has 5 nitrogen and oxygen atoms in total. The molecule has 0 bridgehead atoms. The van der Waals surface area contributed by atoms with Gasteiger partial charge < -0.3 is 0 Å². The normalized spacial score (nSPS) is 11.4. The van der Waals surface area contributed by atoms with Gasteiger partial charge in [0, 0.05) is 22.7 Å². The number of aromatic nitrogens is 1. The lowest BCUT2D eigenvalue weighted by Gasteiger charge is -2.08. The zero-order chi connectivity index (χ0) is 23.5. The van der Waals surface area contributed by atoms with Crippen LogP contribution in [0.4, 0.5) is 0 Å². The molecule has 1 aromatic heterocycles. The summed E-state index contributed by atoms with van der Waals surface area (Å²) in [5.74, 6) is -0.891. The van der Waals surface area contributed by atoms with Gasteiger partial charge in [0.15, 0.2) is 15.6 Å². The highest BCUT2D eigenvalue weighted by molar-refractivity contribution is 7.90. The van der Waals surface area contributed by atoms with Crippen LogP contribution >= 0.6 is 23.2 Å². The van der Waals surface area contributed by atoms with Crippen molar-refractivity contribution >= 4 is 44.6 Å². The number of nitrogens with zero attached hydrogens (tertiary/aromatic N) is 1. The van der Waals surface area contributed by atoms with Crippen LogP contribution in [0.3, 0.4) is 0 Å². The Hall–Kier alpha value is -2.54. The SMILES string of the molecule is Cc1cc(C)nc(CS(=O)(=O)c2ccc(CC(=O)CC(=O)c3ccc(Cl)cc3Cl)cc2)c1. The summed E-state index contributed by atoms with van der Waals surface area (Å²) in [7, 11) is -3.58. The lowest BCUT2D eigenvalue weighted by atomic mass is 10.0. The molecule has 32 heavy (non-hydrogen) atoms. The van der Waals surface area contributed by atoms with Gasteiger partial charge in [-0.1, -0.05) is 35.3 Å². The van der Waals surface area contributed by atoms with Crippen LogP contribution in [0, 0.1) is 13.8 Å². The molecule has 3 aromatic rings. The van der Waals surface area contributed by atoms with Crippen molar-refractivity contribution in [3.8, 4) is 0 Å². The number of pyridine rings is 1. The fourth-order valence-electron chi connectivity index (χ4n) is 3.37. The van der Waals surface area contributed by atoms with Crippen LogP contribution < -0.4 is 0 Å². The van der Waals surface area contributed by atoms with E-state index in [0.29, 0.717) is 16.3 Å². The molecule has 0 amide bonds. The van der Waals surface area contributed by atoms with Gasteiger partial charge >= 0.3 is 0 Å². The zero-order valence-electron chi connectivity index (χ0n) is 17.6. The standard InChI is InChI=1S/C24H21Cl2NO4S/c1-15-9-16(2)27-19(10-15)14-32(30,31)21-6-3-17(4-7-21)11-20(28)13-24(29)22-8-5-18(25)12-23(22)26/h3-10,12H,11,13-14H2,1-2H3. The van der Waals surface area contributed by atoms with Crippen LogP contribution in [0.5, 0.6) is 0 Å². The summed E-state index contributed by atoms with van der Waals surface area (Å²) in [6.45, 7) is 3.71. The number of carbonyl (C=O) groups is 2. The van der Waals surface area contributed by atoms with Crippen molar-refractivity contribution < 1.29 is 18.0 Å². The van der Waals surface area contributed by atoms with E-state index in [1.807, 2.05) is 19.9 Å². The minimum absolute atomic E-state index is 0.00983. The summed E-state index contributed by atoms with van der Waals surface area (Å²) in [5.41, 5.74) is 3.06. The Kier molecular flexibility index (Phi) is 7.49. The van der Waals surface area contributed by atoms with Crippen molar-refractivity contribution in [1.82, 2.24) is 4.98 Å². The molecule has 0 atom stereocenters. The molecule has 0 aliphatic carbocycles. The van der Waals surface area contributed by atoms with E-state index in [-0.39, 0.29) is 39.9 Å². The summed E-state index contributed by atoms with van der Waals surface area (Å²) in [6, 6.07) is 14.2. The first-order chi connectivity index (χ1) is 15.0. The van der Waals surface area contributed by atoms with Crippen LogP contribution in [0.15, 0.2) is 59.5 Å². The van der Waals surface area contributed by atoms with Crippen molar-refractivity contribution in [2.75, 3.05) is 0 Å². The van der Waals surface area contributed by atoms with Crippen molar-refractivity contribution in [2.24, 2.45) is 0 Å². The molecule has 0 saturated heterocycles. The van der Waals surface area contributed by atoms with E-state index in [0.717, 1.165) is 11.3 Å². The van der Waals surface area contributed by atoms with Crippen molar-refractivity contribution in [2.45, 2.75) is 37.3 Å². The van der Waals surface area contributed by atoms with Gasteiger partial charge in [0.25, 0.3) is 0 Å². The monoisotopic (exact) mass is 489 g/mol. The van der Waals surface area contributed by atoms with Crippen molar-refractivity contribution in [3.05, 3.63) is 92.7 Å². The minimum atomic E-state index is -3.58. The Labute approximate surface area is 197 Å². The Balaban J connectivity index is 1.65. The Bertz CT molecular complexity index is 1270. The smallest absolute Gasteiger partial charge is 0.184 e. The number of sulfone groups is 1. The summed E-state index contributed by atoms with van der Waals surface area (Å²) in [6.07, 6.45) is -0.296. The quantitative estimate of drug-likeness (QED) is 0.314. The molecule has 0 aliphatic heterocycles. The number of halogens is 2. The van der Waals surface area contributed by atoms with Gasteiger partial charge in [0.1, 0.15) is 5.78 Å². The third-order valence-corrected chi connectivity index (χ3v) is 6.98. The summed E-state index contributed by atoms with van der Waals surface area (Å²) in [5, 5.41) is 0.601. The Morgan fingerprint density at radius 2 is 1.62 bits per heavy atom. The molecule has 166 valence electrons. The van der Waals surface area contributed by atoms with Crippen molar-refractivity contribution in [1.29, 1.82) is 0 Å². The van der Waals surface area contributed by atoms with Gasteiger partial charge in [-0.15, -0.1) is 0 Å². The summed E-state index contributed by atoms with van der Waals surface area (Å²) in [4.78, 5) is 29.1. The van der Waals surface area contributed by atoms with E-state index in [1.54, 1.807) is 18.2 Å². The van der Waals surface area contributed by atoms with Crippen LogP contribution in [-0.4, -0.2) is 25.0 Å². The molecule has 0 aliphatic rings. The van der Waals surface area contributed by atoms with Crippen LogP contribution in [0.1, 0.15) is 39.3 Å². The van der Waals surface area contributed by atoms with Gasteiger partial charge in [0.05, 0.1) is 27.8 Å². The van der Waals surface area contributed by atoms with Gasteiger partial charge in [-0.2, -0.15) is 0 Å². The molecule has 3 rings (SSSR count). The minimum Gasteiger partial charge on any atom is -0.299 e. The second-order valence-electron chi connectivity index (χ2n) is 7.62. The van der Waals surface area contributed by atoms with Gasteiger partial charge in [-0.3, -0.25) is 14.6 Å². The zero-order valence-corrected chi connectivity index (χ0v) is 19.9. The predicted molar refractivity (Wildman–Crippen MR) is 125 cm³/mol. The highest BCUT2D eigenvalue weighted by Gasteiger charge is 2.18. The summed E-state index contributed by atoms with van der Waals surface area (Å²) >= 11 is 11.9. The molecular weight excluding hydrogens is 469 g/mol. The number of ketones is 2. The third-order valence-electron chi connectivity index (χ3n) is 4.76. The molecule has 1 heterocycles. The van der Waals surface area contributed by atoms with Crippen molar-refractivity contribution in [3.63, 3.8) is 0 Å². The van der Waals surface area contributed by atoms with E-state index in [1.165, 1.54) is 30.3 Å². The number of hydrogen-bond donors (Lipinski definition) is 0. The van der Waals surface area contributed by atoms with E-state index >= 15 is 0 Å². The number of Topliss-reactive ketones (excluding diaryl/α,β-unsaturated/α-hetero) is 2. The van der Waals surface area contributed by atoms with E-state index < -0.39 is 15.6 Å². The molecule has 8 heteroatoms. The van der Waals surface area contributed by atoms with Gasteiger partial charge in [-0.05, 0) is 67.4 Å². The maximum absolute atomic E-state index is 12.7. The topological polar surface area (TPSA) is 81.2 Å². The molecule has 0 spiro atoms. The largest absolute Gasteiger partial charge is 0.299 e. The van der Waals surface area contributed by atoms with E-state index in [2.05, 4.69) is 4.98 Å². The first-order valence-electron chi connectivity index (χ1n) is 9.79. The lowest BCUT2D eigenvalue weighted by Crippen LogP contribution is -2.11. The molecule has 0 saturated carbocycles. The highest BCUT2D eigenvalue weighted by atomic mass is 35.5. The van der Waals surface area contributed by atoms with Crippen LogP contribution in [0.25, 0.3) is 0 Å². The van der Waals surface area contributed by atoms with Crippen LogP contribution in [-0.2, 0) is 26.8 Å².